The van der Waals surface area contributed by atoms with Gasteiger partial charge in [-0.25, -0.2) is 4.79 Å². The van der Waals surface area contributed by atoms with E-state index in [9.17, 15) is 4.79 Å². The lowest BCUT2D eigenvalue weighted by molar-refractivity contribution is -0.137. The molecule has 0 aliphatic heterocycles. The van der Waals surface area contributed by atoms with Crippen molar-refractivity contribution in [2.24, 2.45) is 0 Å². The number of rotatable bonds is 9. The summed E-state index contributed by atoms with van der Waals surface area (Å²) < 4.78 is 11.2. The summed E-state index contributed by atoms with van der Waals surface area (Å²) >= 11 is 1.75. The van der Waals surface area contributed by atoms with Gasteiger partial charge in [0.15, 0.2) is 0 Å². The van der Waals surface area contributed by atoms with Crippen LogP contribution < -0.4 is 4.74 Å². The van der Waals surface area contributed by atoms with E-state index in [4.69, 9.17) is 9.47 Å². The minimum absolute atomic E-state index is 0.350. The first-order valence-electron chi connectivity index (χ1n) is 10.8. The molecular formula is C28H26O3S. The summed E-state index contributed by atoms with van der Waals surface area (Å²) in [6, 6.07) is 25.3. The van der Waals surface area contributed by atoms with Crippen LogP contribution in [0.1, 0.15) is 28.5 Å². The Morgan fingerprint density at radius 2 is 1.78 bits per heavy atom. The van der Waals surface area contributed by atoms with Crippen molar-refractivity contribution in [2.45, 2.75) is 19.8 Å². The minimum atomic E-state index is -0.350. The SMILES string of the molecule is CCOC(=O)/C=C/c1ccc(Cc2cccs2)cc1OCCc1ccc2ccccc2c1. The molecule has 0 atom stereocenters. The number of benzene rings is 3. The molecule has 162 valence electrons. The molecular weight excluding hydrogens is 416 g/mol. The second-order valence-electron chi connectivity index (χ2n) is 7.49. The van der Waals surface area contributed by atoms with Gasteiger partial charge in [0.1, 0.15) is 5.75 Å². The van der Waals surface area contributed by atoms with Crippen LogP contribution in [0.3, 0.4) is 0 Å². The molecule has 4 aromatic rings. The van der Waals surface area contributed by atoms with Crippen molar-refractivity contribution in [1.29, 1.82) is 0 Å². The molecule has 0 saturated carbocycles. The van der Waals surface area contributed by atoms with E-state index >= 15 is 0 Å². The molecule has 4 heteroatoms. The highest BCUT2D eigenvalue weighted by molar-refractivity contribution is 7.09. The Kier molecular flexibility index (Phi) is 7.36. The summed E-state index contributed by atoms with van der Waals surface area (Å²) in [4.78, 5) is 13.1. The Balaban J connectivity index is 1.49. The van der Waals surface area contributed by atoms with Crippen LogP contribution in [0.25, 0.3) is 16.8 Å². The number of thiophene rings is 1. The maximum Gasteiger partial charge on any atom is 0.330 e. The predicted octanol–water partition coefficient (Wildman–Crippen LogP) is 6.69. The number of carbonyl (C=O) groups is 1. The van der Waals surface area contributed by atoms with Gasteiger partial charge in [-0.1, -0.05) is 60.7 Å². The number of esters is 1. The molecule has 0 bridgehead atoms. The zero-order chi connectivity index (χ0) is 22.2. The number of hydrogen-bond acceptors (Lipinski definition) is 4. The highest BCUT2D eigenvalue weighted by Gasteiger charge is 2.07. The molecule has 4 rings (SSSR count). The van der Waals surface area contributed by atoms with Crippen molar-refractivity contribution < 1.29 is 14.3 Å². The van der Waals surface area contributed by atoms with E-state index in [1.807, 2.05) is 6.07 Å². The average molecular weight is 443 g/mol. The summed E-state index contributed by atoms with van der Waals surface area (Å²) in [7, 11) is 0. The van der Waals surface area contributed by atoms with Crippen LogP contribution >= 0.6 is 11.3 Å². The number of fused-ring (bicyclic) bond motifs is 1. The molecule has 3 aromatic carbocycles. The Bertz CT molecular complexity index is 1210. The van der Waals surface area contributed by atoms with Crippen LogP contribution in [-0.2, 0) is 22.4 Å². The largest absolute Gasteiger partial charge is 0.493 e. The highest BCUT2D eigenvalue weighted by Crippen LogP contribution is 2.25. The summed E-state index contributed by atoms with van der Waals surface area (Å²) in [6.45, 7) is 2.71. The topological polar surface area (TPSA) is 35.5 Å². The van der Waals surface area contributed by atoms with E-state index in [0.29, 0.717) is 13.2 Å². The maximum absolute atomic E-state index is 11.8. The second kappa shape index (κ2) is 10.8. The monoisotopic (exact) mass is 442 g/mol. The molecule has 0 spiro atoms. The summed E-state index contributed by atoms with van der Waals surface area (Å²) in [5, 5.41) is 4.57. The zero-order valence-electron chi connectivity index (χ0n) is 18.1. The molecule has 0 saturated heterocycles. The third-order valence-electron chi connectivity index (χ3n) is 5.18. The van der Waals surface area contributed by atoms with Crippen LogP contribution in [0.15, 0.2) is 84.3 Å². The molecule has 0 aliphatic carbocycles. The van der Waals surface area contributed by atoms with Crippen molar-refractivity contribution in [2.75, 3.05) is 13.2 Å². The maximum atomic E-state index is 11.8. The first-order valence-corrected chi connectivity index (χ1v) is 11.7. The third kappa shape index (κ3) is 5.86. The minimum Gasteiger partial charge on any atom is -0.493 e. The van der Waals surface area contributed by atoms with Crippen molar-refractivity contribution in [3.63, 3.8) is 0 Å². The van der Waals surface area contributed by atoms with Gasteiger partial charge in [0.05, 0.1) is 13.2 Å². The van der Waals surface area contributed by atoms with E-state index in [0.717, 1.165) is 24.2 Å². The lowest BCUT2D eigenvalue weighted by Crippen LogP contribution is -2.04. The van der Waals surface area contributed by atoms with E-state index in [1.54, 1.807) is 24.3 Å². The van der Waals surface area contributed by atoms with Crippen LogP contribution in [-0.4, -0.2) is 19.2 Å². The van der Waals surface area contributed by atoms with Gasteiger partial charge in [0.2, 0.25) is 0 Å². The molecule has 1 heterocycles. The molecule has 32 heavy (non-hydrogen) atoms. The van der Waals surface area contributed by atoms with Gasteiger partial charge in [0.25, 0.3) is 0 Å². The fourth-order valence-corrected chi connectivity index (χ4v) is 4.33. The number of carbonyl (C=O) groups excluding carboxylic acids is 1. The van der Waals surface area contributed by atoms with Gasteiger partial charge in [-0.05, 0) is 52.4 Å². The Labute approximate surface area is 192 Å². The van der Waals surface area contributed by atoms with Gasteiger partial charge in [0, 0.05) is 29.4 Å². The zero-order valence-corrected chi connectivity index (χ0v) is 18.9. The third-order valence-corrected chi connectivity index (χ3v) is 6.06. The molecule has 0 N–H and O–H groups in total. The predicted molar refractivity (Wildman–Crippen MR) is 132 cm³/mol. The Morgan fingerprint density at radius 3 is 2.59 bits per heavy atom. The van der Waals surface area contributed by atoms with Gasteiger partial charge in [-0.3, -0.25) is 0 Å². The number of hydrogen-bond donors (Lipinski definition) is 0. The van der Waals surface area contributed by atoms with Gasteiger partial charge in [-0.15, -0.1) is 11.3 Å². The van der Waals surface area contributed by atoms with Crippen LogP contribution in [0.2, 0.25) is 0 Å². The van der Waals surface area contributed by atoms with E-state index in [2.05, 4.69) is 72.1 Å². The molecule has 0 unspecified atom stereocenters. The summed E-state index contributed by atoms with van der Waals surface area (Å²) in [5.41, 5.74) is 3.29. The molecule has 1 aromatic heterocycles. The van der Waals surface area contributed by atoms with Crippen molar-refractivity contribution >= 4 is 34.2 Å². The standard InChI is InChI=1S/C28H26O3S/c1-2-30-28(29)14-13-24-12-10-22(19-26-8-5-17-32-26)20-27(24)31-16-15-21-9-11-23-6-3-4-7-25(23)18-21/h3-14,17-18,20H,2,15-16,19H2,1H3/b14-13+. The van der Waals surface area contributed by atoms with E-state index in [-0.39, 0.29) is 5.97 Å². The molecule has 0 amide bonds. The van der Waals surface area contributed by atoms with Crippen LogP contribution in [0.4, 0.5) is 0 Å². The molecule has 0 radical (unpaired) electrons. The Morgan fingerprint density at radius 1 is 0.938 bits per heavy atom. The van der Waals surface area contributed by atoms with Crippen molar-refractivity contribution in [1.82, 2.24) is 0 Å². The fourth-order valence-electron chi connectivity index (χ4n) is 3.59. The quantitative estimate of drug-likeness (QED) is 0.214. The lowest BCUT2D eigenvalue weighted by atomic mass is 10.1. The van der Waals surface area contributed by atoms with Crippen LogP contribution in [0, 0.1) is 0 Å². The Hall–Kier alpha value is -3.37. The van der Waals surface area contributed by atoms with Crippen LogP contribution in [0.5, 0.6) is 5.75 Å². The average Bonchev–Trinajstić information content (AvgIpc) is 3.32. The smallest absolute Gasteiger partial charge is 0.330 e. The van der Waals surface area contributed by atoms with E-state index < -0.39 is 0 Å². The van der Waals surface area contributed by atoms with Crippen molar-refractivity contribution in [3.05, 3.63) is 106 Å². The van der Waals surface area contributed by atoms with Gasteiger partial charge in [-0.2, -0.15) is 0 Å². The van der Waals surface area contributed by atoms with Gasteiger partial charge >= 0.3 is 5.97 Å². The fraction of sp³-hybridized carbons (Fsp3) is 0.179. The normalized spacial score (nSPS) is 11.2. The second-order valence-corrected chi connectivity index (χ2v) is 8.53. The van der Waals surface area contributed by atoms with Crippen molar-refractivity contribution in [3.8, 4) is 5.75 Å². The first kappa shape index (κ1) is 21.8. The van der Waals surface area contributed by atoms with E-state index in [1.165, 1.54) is 32.9 Å². The summed E-state index contributed by atoms with van der Waals surface area (Å²) in [6.07, 6.45) is 4.88. The first-order chi connectivity index (χ1) is 15.7. The molecule has 0 fully saturated rings. The molecule has 0 aliphatic rings. The highest BCUT2D eigenvalue weighted by atomic mass is 32.1. The lowest BCUT2D eigenvalue weighted by Gasteiger charge is -2.12. The molecule has 3 nitrogen and oxygen atoms in total. The summed E-state index contributed by atoms with van der Waals surface area (Å²) in [5.74, 6) is 0.428. The van der Waals surface area contributed by atoms with Gasteiger partial charge < -0.3 is 9.47 Å². The number of ether oxygens (including phenoxy) is 2.